The number of halogens is 1. The molecular formula is C32H30FN7O4S. The Hall–Kier alpha value is -5.30. The van der Waals surface area contributed by atoms with Crippen LogP contribution >= 0.6 is 0 Å². The number of hydrogen-bond acceptors (Lipinski definition) is 7. The molecule has 0 aliphatic carbocycles. The predicted octanol–water partition coefficient (Wildman–Crippen LogP) is 5.45. The highest BCUT2D eigenvalue weighted by molar-refractivity contribution is 7.90. The van der Waals surface area contributed by atoms with Crippen LogP contribution in [-0.4, -0.2) is 52.9 Å². The number of aromatic nitrogens is 3. The molecule has 45 heavy (non-hydrogen) atoms. The number of likely N-dealkylation sites (tertiary alicyclic amines) is 1. The molecule has 0 spiro atoms. The van der Waals surface area contributed by atoms with Crippen LogP contribution in [0.4, 0.5) is 26.4 Å². The van der Waals surface area contributed by atoms with Crippen molar-refractivity contribution in [3.63, 3.8) is 0 Å². The third kappa shape index (κ3) is 6.34. The molecule has 13 heteroatoms. The number of hydrogen-bond donors (Lipinski definition) is 3. The fourth-order valence-electron chi connectivity index (χ4n) is 5.44. The summed E-state index contributed by atoms with van der Waals surface area (Å²) in [5, 5.41) is 9.88. The highest BCUT2D eigenvalue weighted by atomic mass is 32.2. The lowest BCUT2D eigenvalue weighted by Gasteiger charge is -2.32. The quantitative estimate of drug-likeness (QED) is 0.218. The summed E-state index contributed by atoms with van der Waals surface area (Å²) in [6.45, 7) is 2.74. The van der Waals surface area contributed by atoms with Gasteiger partial charge in [0.2, 0.25) is 0 Å². The molecular weight excluding hydrogens is 597 g/mol. The van der Waals surface area contributed by atoms with Crippen molar-refractivity contribution in [3.05, 3.63) is 114 Å². The number of anilines is 3. The molecule has 2 aromatic heterocycles. The van der Waals surface area contributed by atoms with Gasteiger partial charge in [-0.1, -0.05) is 48.5 Å². The van der Waals surface area contributed by atoms with Gasteiger partial charge in [-0.3, -0.25) is 4.79 Å². The van der Waals surface area contributed by atoms with E-state index in [4.69, 9.17) is 0 Å². The van der Waals surface area contributed by atoms with E-state index in [0.29, 0.717) is 35.9 Å². The second-order valence-electron chi connectivity index (χ2n) is 10.8. The molecule has 3 heterocycles. The molecule has 0 radical (unpaired) electrons. The minimum atomic E-state index is -4.43. The van der Waals surface area contributed by atoms with Crippen LogP contribution in [0.5, 0.6) is 0 Å². The maximum Gasteiger partial charge on any atom is 0.333 e. The van der Waals surface area contributed by atoms with Crippen molar-refractivity contribution in [1.29, 1.82) is 0 Å². The van der Waals surface area contributed by atoms with Crippen LogP contribution in [0.1, 0.15) is 40.2 Å². The third-order valence-corrected chi connectivity index (χ3v) is 9.09. The van der Waals surface area contributed by atoms with E-state index in [1.54, 1.807) is 42.2 Å². The van der Waals surface area contributed by atoms with Crippen LogP contribution in [-0.2, 0) is 10.0 Å². The Bertz CT molecular complexity index is 1980. The lowest BCUT2D eigenvalue weighted by atomic mass is 9.89. The summed E-state index contributed by atoms with van der Waals surface area (Å²) in [5.41, 5.74) is 2.73. The Labute approximate surface area is 259 Å². The Kier molecular flexibility index (Phi) is 8.18. The molecule has 11 nitrogen and oxygen atoms in total. The highest BCUT2D eigenvalue weighted by Crippen LogP contribution is 2.31. The Morgan fingerprint density at radius 2 is 1.62 bits per heavy atom. The number of para-hydroxylation sites is 1. The molecule has 230 valence electrons. The highest BCUT2D eigenvalue weighted by Gasteiger charge is 2.30. The van der Waals surface area contributed by atoms with Crippen LogP contribution in [0, 0.1) is 12.7 Å². The van der Waals surface area contributed by atoms with Gasteiger partial charge in [-0.15, -0.1) is 0 Å². The number of nitrogens with one attached hydrogen (secondary N) is 3. The SMILES string of the molecule is Cc1cc(F)ccc1Nc1c(C(=O)N2CCC(c3ccccc3)CC2)cnc2c(S(=O)(=O)NC(=O)Nc3ccccc3)cnn12. The summed E-state index contributed by atoms with van der Waals surface area (Å²) < 4.78 is 43.6. The van der Waals surface area contributed by atoms with Crippen LogP contribution in [0.15, 0.2) is 96.2 Å². The van der Waals surface area contributed by atoms with Gasteiger partial charge in [-0.05, 0) is 67.1 Å². The number of carbonyl (C=O) groups excluding carboxylic acids is 2. The fourth-order valence-corrected chi connectivity index (χ4v) is 6.41. The van der Waals surface area contributed by atoms with Crippen molar-refractivity contribution in [2.75, 3.05) is 23.7 Å². The van der Waals surface area contributed by atoms with Gasteiger partial charge in [0.05, 0.1) is 6.20 Å². The lowest BCUT2D eigenvalue weighted by molar-refractivity contribution is 0.0713. The maximum absolute atomic E-state index is 13.9. The molecule has 0 atom stereocenters. The van der Waals surface area contributed by atoms with E-state index in [0.717, 1.165) is 19.0 Å². The van der Waals surface area contributed by atoms with Crippen molar-refractivity contribution in [2.45, 2.75) is 30.6 Å². The number of urea groups is 1. The van der Waals surface area contributed by atoms with Crippen LogP contribution < -0.4 is 15.4 Å². The molecule has 3 N–H and O–H groups in total. The summed E-state index contributed by atoms with van der Waals surface area (Å²) in [7, 11) is -4.43. The first-order valence-corrected chi connectivity index (χ1v) is 15.8. The summed E-state index contributed by atoms with van der Waals surface area (Å²) in [6.07, 6.45) is 3.92. The zero-order chi connectivity index (χ0) is 31.6. The zero-order valence-corrected chi connectivity index (χ0v) is 25.1. The second kappa shape index (κ2) is 12.4. The van der Waals surface area contributed by atoms with Crippen molar-refractivity contribution in [2.24, 2.45) is 0 Å². The first kappa shape index (κ1) is 29.8. The van der Waals surface area contributed by atoms with E-state index >= 15 is 0 Å². The standard InChI is InChI=1S/C32H30FN7O4S/c1-21-18-24(33)12-13-27(21)37-29-26(31(41)39-16-14-23(15-17-39)22-8-4-2-5-9-22)19-34-30-28(20-35-40(29)30)45(43,44)38-32(42)36-25-10-6-3-7-11-25/h2-13,18-20,23,37H,14-17H2,1H3,(H2,36,38,42). The van der Waals surface area contributed by atoms with E-state index in [1.165, 1.54) is 34.5 Å². The average molecular weight is 628 g/mol. The largest absolute Gasteiger partial charge is 0.339 e. The monoisotopic (exact) mass is 627 g/mol. The second-order valence-corrected chi connectivity index (χ2v) is 12.4. The predicted molar refractivity (Wildman–Crippen MR) is 168 cm³/mol. The minimum Gasteiger partial charge on any atom is -0.339 e. The number of carbonyl (C=O) groups is 2. The number of aryl methyl sites for hydroxylation is 1. The molecule has 5 aromatic rings. The van der Waals surface area contributed by atoms with Crippen LogP contribution in [0.25, 0.3) is 5.65 Å². The van der Waals surface area contributed by atoms with Gasteiger partial charge in [0.1, 0.15) is 17.2 Å². The van der Waals surface area contributed by atoms with Crippen LogP contribution in [0.3, 0.4) is 0 Å². The molecule has 0 saturated carbocycles. The average Bonchev–Trinajstić information content (AvgIpc) is 3.49. The van der Waals surface area contributed by atoms with Gasteiger partial charge in [0.15, 0.2) is 10.5 Å². The number of rotatable bonds is 7. The summed E-state index contributed by atoms with van der Waals surface area (Å²) in [4.78, 5) is 32.1. The van der Waals surface area contributed by atoms with Gasteiger partial charge >= 0.3 is 6.03 Å². The molecule has 0 unspecified atom stereocenters. The van der Waals surface area contributed by atoms with Gasteiger partial charge < -0.3 is 15.5 Å². The summed E-state index contributed by atoms with van der Waals surface area (Å²) >= 11 is 0. The number of fused-ring (bicyclic) bond motifs is 1. The normalized spacial score (nSPS) is 13.9. The number of nitrogens with zero attached hydrogens (tertiary/aromatic N) is 4. The lowest BCUT2D eigenvalue weighted by Crippen LogP contribution is -2.38. The van der Waals surface area contributed by atoms with Crippen molar-refractivity contribution in [3.8, 4) is 0 Å². The Morgan fingerprint density at radius 1 is 0.933 bits per heavy atom. The van der Waals surface area contributed by atoms with E-state index in [9.17, 15) is 22.4 Å². The topological polar surface area (TPSA) is 138 Å². The molecule has 1 aliphatic rings. The third-order valence-electron chi connectivity index (χ3n) is 7.77. The molecule has 1 saturated heterocycles. The first-order valence-electron chi connectivity index (χ1n) is 14.3. The smallest absolute Gasteiger partial charge is 0.333 e. The first-order chi connectivity index (χ1) is 21.7. The van der Waals surface area contributed by atoms with Crippen molar-refractivity contribution in [1.82, 2.24) is 24.2 Å². The van der Waals surface area contributed by atoms with Gasteiger partial charge in [0.25, 0.3) is 15.9 Å². The maximum atomic E-state index is 13.9. The van der Waals surface area contributed by atoms with Gasteiger partial charge in [-0.25, -0.2) is 27.3 Å². The van der Waals surface area contributed by atoms with E-state index < -0.39 is 21.9 Å². The zero-order valence-electron chi connectivity index (χ0n) is 24.3. The summed E-state index contributed by atoms with van der Waals surface area (Å²) in [5.74, 6) is -0.248. The fraction of sp³-hybridized carbons (Fsp3) is 0.188. The number of piperidine rings is 1. The van der Waals surface area contributed by atoms with Crippen molar-refractivity contribution < 1.29 is 22.4 Å². The Balaban J connectivity index is 1.32. The van der Waals surface area contributed by atoms with E-state index in [2.05, 4.69) is 32.8 Å². The molecule has 3 amide bonds. The van der Waals surface area contributed by atoms with Crippen LogP contribution in [0.2, 0.25) is 0 Å². The van der Waals surface area contributed by atoms with E-state index in [-0.39, 0.29) is 27.8 Å². The minimum absolute atomic E-state index is 0.114. The molecule has 0 bridgehead atoms. The summed E-state index contributed by atoms with van der Waals surface area (Å²) in [6, 6.07) is 21.7. The number of sulfonamides is 1. The Morgan fingerprint density at radius 3 is 2.31 bits per heavy atom. The number of amides is 3. The molecule has 3 aromatic carbocycles. The molecule has 1 fully saturated rings. The number of benzene rings is 3. The molecule has 1 aliphatic heterocycles. The van der Waals surface area contributed by atoms with Gasteiger partial charge in [0, 0.05) is 30.7 Å². The van der Waals surface area contributed by atoms with Crippen molar-refractivity contribution >= 4 is 44.8 Å². The molecule has 6 rings (SSSR count). The van der Waals surface area contributed by atoms with E-state index in [1.807, 2.05) is 22.9 Å². The van der Waals surface area contributed by atoms with Gasteiger partial charge in [-0.2, -0.15) is 9.61 Å².